The summed E-state index contributed by atoms with van der Waals surface area (Å²) in [4.78, 5) is 26.5. The van der Waals surface area contributed by atoms with Crippen molar-refractivity contribution in [2.45, 2.75) is 52.6 Å². The summed E-state index contributed by atoms with van der Waals surface area (Å²) in [6.07, 6.45) is 3.80. The fourth-order valence-electron chi connectivity index (χ4n) is 4.71. The monoisotopic (exact) mass is 517 g/mol. The van der Waals surface area contributed by atoms with Gasteiger partial charge >= 0.3 is 0 Å². The summed E-state index contributed by atoms with van der Waals surface area (Å²) in [5.74, 6) is 1.01. The molecule has 1 aromatic carbocycles. The van der Waals surface area contributed by atoms with Gasteiger partial charge in [-0.2, -0.15) is 5.10 Å². The highest BCUT2D eigenvalue weighted by Crippen LogP contribution is 2.31. The Kier molecular flexibility index (Phi) is 8.14. The highest BCUT2D eigenvalue weighted by Gasteiger charge is 2.30. The average Bonchev–Trinajstić information content (AvgIpc) is 3.53. The van der Waals surface area contributed by atoms with Crippen LogP contribution < -0.4 is 10.2 Å². The number of aromatic nitrogens is 4. The first-order chi connectivity index (χ1) is 16.9. The minimum atomic E-state index is -0.135. The van der Waals surface area contributed by atoms with Gasteiger partial charge in [0.15, 0.2) is 5.65 Å². The van der Waals surface area contributed by atoms with E-state index in [-0.39, 0.29) is 18.0 Å². The summed E-state index contributed by atoms with van der Waals surface area (Å²) >= 11 is 12.5. The van der Waals surface area contributed by atoms with Gasteiger partial charge in [-0.1, -0.05) is 43.1 Å². The molecule has 2 saturated heterocycles. The second kappa shape index (κ2) is 11.1. The second-order valence-corrected chi connectivity index (χ2v) is 9.58. The number of carbonyl (C=O) groups is 1. The third-order valence-corrected chi connectivity index (χ3v) is 7.17. The number of hydrogen-bond acceptors (Lipinski definition) is 6. The van der Waals surface area contributed by atoms with Crippen LogP contribution in [0.15, 0.2) is 24.4 Å². The summed E-state index contributed by atoms with van der Waals surface area (Å²) in [6.45, 7) is 11.7. The molecule has 188 valence electrons. The third-order valence-electron chi connectivity index (χ3n) is 6.61. The molecule has 2 aliphatic heterocycles. The van der Waals surface area contributed by atoms with E-state index in [1.807, 2.05) is 49.4 Å². The molecule has 8 nitrogen and oxygen atoms in total. The number of nitrogens with one attached hydrogen (secondary N) is 1. The second-order valence-electron chi connectivity index (χ2n) is 8.73. The average molecular weight is 518 g/mol. The van der Waals surface area contributed by atoms with Gasteiger partial charge in [-0.05, 0) is 50.9 Å². The molecule has 1 amide bonds. The molecular formula is C25H33Cl2N7O. The van der Waals surface area contributed by atoms with Crippen LogP contribution in [-0.4, -0.2) is 69.3 Å². The van der Waals surface area contributed by atoms with Gasteiger partial charge in [0.1, 0.15) is 11.3 Å². The number of fused-ring (bicyclic) bond motifs is 1. The van der Waals surface area contributed by atoms with E-state index in [0.717, 1.165) is 60.7 Å². The smallest absolute Gasteiger partial charge is 0.239 e. The maximum Gasteiger partial charge on any atom is 0.239 e. The Morgan fingerprint density at radius 3 is 2.57 bits per heavy atom. The molecule has 1 N–H and O–H groups in total. The standard InChI is InChI=1S/C23H27Cl2N7O.C2H6/c1-14-21-22(32(29-14)15(2)17-6-5-16(24)12-18(17)25)28-20(13-27-21)30-8-10-31(11-9-30)23(33)19-4-3-7-26-19;1-2/h5-6,12-13,15,19,26H,3-4,7-11H2,1-2H3;1-2H3. The van der Waals surface area contributed by atoms with Gasteiger partial charge in [0.05, 0.1) is 24.0 Å². The lowest BCUT2D eigenvalue weighted by Gasteiger charge is -2.36. The van der Waals surface area contributed by atoms with E-state index >= 15 is 0 Å². The van der Waals surface area contributed by atoms with E-state index in [1.54, 1.807) is 12.3 Å². The topological polar surface area (TPSA) is 79.2 Å². The molecule has 2 unspecified atom stereocenters. The van der Waals surface area contributed by atoms with Crippen LogP contribution in [0.4, 0.5) is 5.82 Å². The number of rotatable bonds is 4. The first-order valence-electron chi connectivity index (χ1n) is 12.4. The van der Waals surface area contributed by atoms with Crippen LogP contribution in [0.5, 0.6) is 0 Å². The molecule has 5 rings (SSSR count). The Balaban J connectivity index is 0.00000141. The van der Waals surface area contributed by atoms with Crippen molar-refractivity contribution in [3.05, 3.63) is 45.7 Å². The Bertz CT molecular complexity index is 1180. The summed E-state index contributed by atoms with van der Waals surface area (Å²) in [7, 11) is 0. The van der Waals surface area contributed by atoms with Crippen molar-refractivity contribution in [3.8, 4) is 0 Å². The SMILES string of the molecule is CC.Cc1nn(C(C)c2ccc(Cl)cc2Cl)c2nc(N3CCN(C(=O)C4CCCN4)CC3)cnc12. The van der Waals surface area contributed by atoms with Crippen LogP contribution in [0.25, 0.3) is 11.2 Å². The molecular weight excluding hydrogens is 485 g/mol. The number of amides is 1. The van der Waals surface area contributed by atoms with Crippen molar-refractivity contribution in [2.24, 2.45) is 0 Å². The Morgan fingerprint density at radius 2 is 1.91 bits per heavy atom. The van der Waals surface area contributed by atoms with Crippen LogP contribution in [0, 0.1) is 6.92 Å². The highest BCUT2D eigenvalue weighted by atomic mass is 35.5. The fourth-order valence-corrected chi connectivity index (χ4v) is 5.27. The Hall–Kier alpha value is -2.42. The molecule has 3 aromatic rings. The minimum Gasteiger partial charge on any atom is -0.352 e. The number of anilines is 1. The molecule has 0 spiro atoms. The zero-order valence-electron chi connectivity index (χ0n) is 20.8. The number of benzene rings is 1. The lowest BCUT2D eigenvalue weighted by Crippen LogP contribution is -2.53. The third kappa shape index (κ3) is 5.25. The van der Waals surface area contributed by atoms with Crippen molar-refractivity contribution >= 4 is 46.1 Å². The number of hydrogen-bond donors (Lipinski definition) is 1. The van der Waals surface area contributed by atoms with Crippen molar-refractivity contribution in [3.63, 3.8) is 0 Å². The molecule has 2 aromatic heterocycles. The Morgan fingerprint density at radius 1 is 1.17 bits per heavy atom. The predicted octanol–water partition coefficient (Wildman–Crippen LogP) is 4.48. The summed E-state index contributed by atoms with van der Waals surface area (Å²) in [5.41, 5.74) is 3.24. The summed E-state index contributed by atoms with van der Waals surface area (Å²) < 4.78 is 1.88. The zero-order chi connectivity index (χ0) is 25.1. The van der Waals surface area contributed by atoms with Gasteiger partial charge in [0.25, 0.3) is 0 Å². The maximum atomic E-state index is 12.7. The molecule has 2 aliphatic rings. The van der Waals surface area contributed by atoms with E-state index in [0.29, 0.717) is 23.1 Å². The van der Waals surface area contributed by atoms with Crippen LogP contribution in [-0.2, 0) is 4.79 Å². The van der Waals surface area contributed by atoms with Crippen molar-refractivity contribution in [1.29, 1.82) is 0 Å². The first kappa shape index (κ1) is 25.7. The van der Waals surface area contributed by atoms with Crippen LogP contribution in [0.1, 0.15) is 50.9 Å². The zero-order valence-corrected chi connectivity index (χ0v) is 22.3. The molecule has 0 saturated carbocycles. The number of piperazine rings is 1. The summed E-state index contributed by atoms with van der Waals surface area (Å²) in [6, 6.07) is 5.34. The van der Waals surface area contributed by atoms with Gasteiger partial charge < -0.3 is 15.1 Å². The van der Waals surface area contributed by atoms with Gasteiger partial charge in [-0.15, -0.1) is 0 Å². The first-order valence-corrected chi connectivity index (χ1v) is 13.1. The van der Waals surface area contributed by atoms with Crippen molar-refractivity contribution < 1.29 is 4.79 Å². The van der Waals surface area contributed by atoms with E-state index in [2.05, 4.69) is 15.2 Å². The van der Waals surface area contributed by atoms with Crippen LogP contribution >= 0.6 is 23.2 Å². The van der Waals surface area contributed by atoms with Crippen LogP contribution in [0.3, 0.4) is 0 Å². The fraction of sp³-hybridized carbons (Fsp3) is 0.520. The summed E-state index contributed by atoms with van der Waals surface area (Å²) in [5, 5.41) is 9.21. The lowest BCUT2D eigenvalue weighted by atomic mass is 10.1. The van der Waals surface area contributed by atoms with E-state index < -0.39 is 0 Å². The number of aryl methyl sites for hydroxylation is 1. The van der Waals surface area contributed by atoms with E-state index in [1.165, 1.54) is 0 Å². The molecule has 2 atom stereocenters. The lowest BCUT2D eigenvalue weighted by molar-refractivity contribution is -0.133. The van der Waals surface area contributed by atoms with Gasteiger partial charge in [-0.3, -0.25) is 4.79 Å². The molecule has 0 radical (unpaired) electrons. The minimum absolute atomic E-state index is 0.0220. The maximum absolute atomic E-state index is 12.7. The molecule has 0 bridgehead atoms. The van der Waals surface area contributed by atoms with Gasteiger partial charge in [0.2, 0.25) is 5.91 Å². The van der Waals surface area contributed by atoms with E-state index in [9.17, 15) is 4.79 Å². The quantitative estimate of drug-likeness (QED) is 0.549. The van der Waals surface area contributed by atoms with Crippen LogP contribution in [0.2, 0.25) is 10.0 Å². The normalized spacial score (nSPS) is 19.0. The number of halogens is 2. The largest absolute Gasteiger partial charge is 0.352 e. The molecule has 4 heterocycles. The van der Waals surface area contributed by atoms with Crippen molar-refractivity contribution in [1.82, 2.24) is 30.0 Å². The number of carbonyl (C=O) groups excluding carboxylic acids is 1. The van der Waals surface area contributed by atoms with Gasteiger partial charge in [0, 0.05) is 36.2 Å². The molecule has 35 heavy (non-hydrogen) atoms. The Labute approximate surface area is 216 Å². The molecule has 2 fully saturated rings. The number of nitrogens with zero attached hydrogens (tertiary/aromatic N) is 6. The molecule has 0 aliphatic carbocycles. The van der Waals surface area contributed by atoms with Gasteiger partial charge in [-0.25, -0.2) is 14.6 Å². The van der Waals surface area contributed by atoms with Crippen molar-refractivity contribution in [2.75, 3.05) is 37.6 Å². The highest BCUT2D eigenvalue weighted by molar-refractivity contribution is 6.35. The molecule has 10 heteroatoms. The predicted molar refractivity (Wildman–Crippen MR) is 142 cm³/mol. The van der Waals surface area contributed by atoms with E-state index in [4.69, 9.17) is 33.3 Å².